The Labute approximate surface area is 106 Å². The maximum absolute atomic E-state index is 9.19. The number of hydrogen-bond acceptors (Lipinski definition) is 4. The first-order chi connectivity index (χ1) is 8.90. The van der Waals surface area contributed by atoms with Crippen molar-refractivity contribution in [2.24, 2.45) is 0 Å². The number of anilines is 1. The monoisotopic (exact) mass is 246 g/mol. The van der Waals surface area contributed by atoms with Crippen LogP contribution < -0.4 is 4.90 Å². The van der Waals surface area contributed by atoms with Crippen LogP contribution in [0.15, 0.2) is 18.6 Å². The number of piperidine rings is 1. The van der Waals surface area contributed by atoms with Gasteiger partial charge >= 0.3 is 0 Å². The van der Waals surface area contributed by atoms with Crippen LogP contribution >= 0.6 is 0 Å². The molecule has 5 heteroatoms. The van der Waals surface area contributed by atoms with Crippen LogP contribution in [-0.2, 0) is 0 Å². The number of rotatable bonds is 3. The van der Waals surface area contributed by atoms with Crippen molar-refractivity contribution in [3.05, 3.63) is 18.6 Å². The zero-order valence-electron chi connectivity index (χ0n) is 10.3. The lowest BCUT2D eigenvalue weighted by Gasteiger charge is -2.36. The number of fused-ring (bicyclic) bond motifs is 1. The summed E-state index contributed by atoms with van der Waals surface area (Å²) in [6, 6.07) is 2.42. The fraction of sp³-hybridized carbons (Fsp3) is 0.538. The van der Waals surface area contributed by atoms with Crippen LogP contribution in [0.2, 0.25) is 0 Å². The molecular weight excluding hydrogens is 228 g/mol. The number of hydrogen-bond donors (Lipinski definition) is 2. The quantitative estimate of drug-likeness (QED) is 0.865. The van der Waals surface area contributed by atoms with E-state index < -0.39 is 0 Å². The Balaban J connectivity index is 1.98. The zero-order chi connectivity index (χ0) is 12.4. The van der Waals surface area contributed by atoms with Crippen LogP contribution in [0.4, 0.5) is 5.82 Å². The Bertz CT molecular complexity index is 522. The third-order valence-corrected chi connectivity index (χ3v) is 3.69. The van der Waals surface area contributed by atoms with Gasteiger partial charge in [-0.1, -0.05) is 0 Å². The summed E-state index contributed by atoms with van der Waals surface area (Å²) in [6.45, 7) is 1.25. The molecule has 1 unspecified atom stereocenters. The second-order valence-electron chi connectivity index (χ2n) is 4.79. The largest absolute Gasteiger partial charge is 0.396 e. The van der Waals surface area contributed by atoms with Crippen LogP contribution in [-0.4, -0.2) is 39.3 Å². The van der Waals surface area contributed by atoms with E-state index in [4.69, 9.17) is 0 Å². The minimum absolute atomic E-state index is 0.239. The van der Waals surface area contributed by atoms with Crippen LogP contribution in [0.1, 0.15) is 25.7 Å². The highest BCUT2D eigenvalue weighted by Gasteiger charge is 2.24. The number of H-pyrrole nitrogens is 1. The maximum Gasteiger partial charge on any atom is 0.142 e. The van der Waals surface area contributed by atoms with Gasteiger partial charge in [0, 0.05) is 25.4 Å². The molecule has 3 heterocycles. The first kappa shape index (κ1) is 11.5. The fourth-order valence-electron chi connectivity index (χ4n) is 2.82. The molecule has 3 rings (SSSR count). The minimum atomic E-state index is 0.239. The highest BCUT2D eigenvalue weighted by Crippen LogP contribution is 2.29. The molecule has 1 aliphatic heterocycles. The number of aromatic nitrogens is 3. The molecule has 1 saturated heterocycles. The molecule has 0 spiro atoms. The van der Waals surface area contributed by atoms with E-state index in [1.165, 1.54) is 12.8 Å². The van der Waals surface area contributed by atoms with Gasteiger partial charge in [-0.3, -0.25) is 0 Å². The summed E-state index contributed by atoms with van der Waals surface area (Å²) in [5.41, 5.74) is 0.883. The van der Waals surface area contributed by atoms with Crippen LogP contribution in [0.5, 0.6) is 0 Å². The van der Waals surface area contributed by atoms with Crippen molar-refractivity contribution in [3.8, 4) is 0 Å². The second-order valence-corrected chi connectivity index (χ2v) is 4.79. The predicted molar refractivity (Wildman–Crippen MR) is 70.6 cm³/mol. The normalized spacial score (nSPS) is 20.5. The lowest BCUT2D eigenvalue weighted by molar-refractivity contribution is 0.262. The van der Waals surface area contributed by atoms with E-state index in [2.05, 4.69) is 19.9 Å². The Hall–Kier alpha value is -1.62. The molecule has 0 saturated carbocycles. The Morgan fingerprint density at radius 3 is 3.22 bits per heavy atom. The predicted octanol–water partition coefficient (Wildman–Crippen LogP) is 1.70. The van der Waals surface area contributed by atoms with Crippen LogP contribution in [0.3, 0.4) is 0 Å². The summed E-state index contributed by atoms with van der Waals surface area (Å²) in [5, 5.41) is 10.3. The van der Waals surface area contributed by atoms with E-state index in [1.807, 2.05) is 12.3 Å². The maximum atomic E-state index is 9.19. The van der Waals surface area contributed by atoms with Gasteiger partial charge in [-0.25, -0.2) is 9.97 Å². The lowest BCUT2D eigenvalue weighted by Crippen LogP contribution is -2.40. The molecular formula is C13H18N4O. The van der Waals surface area contributed by atoms with Gasteiger partial charge in [0.25, 0.3) is 0 Å². The molecule has 0 aromatic carbocycles. The van der Waals surface area contributed by atoms with E-state index in [0.29, 0.717) is 6.04 Å². The summed E-state index contributed by atoms with van der Waals surface area (Å²) in [5.74, 6) is 0.999. The van der Waals surface area contributed by atoms with E-state index in [0.717, 1.165) is 36.2 Å². The molecule has 1 aliphatic rings. The third kappa shape index (κ3) is 1.95. The summed E-state index contributed by atoms with van der Waals surface area (Å²) in [6.07, 6.45) is 7.89. The van der Waals surface area contributed by atoms with Crippen molar-refractivity contribution in [2.75, 3.05) is 18.1 Å². The van der Waals surface area contributed by atoms with Crippen molar-refractivity contribution in [1.29, 1.82) is 0 Å². The lowest BCUT2D eigenvalue weighted by atomic mass is 9.99. The molecule has 1 fully saturated rings. The molecule has 0 aliphatic carbocycles. The Morgan fingerprint density at radius 1 is 1.39 bits per heavy atom. The molecule has 18 heavy (non-hydrogen) atoms. The standard InChI is InChI=1S/C13H18N4O/c18-8-5-10-3-1-2-7-17(10)13-11-4-6-14-12(11)15-9-16-13/h4,6,9-10,18H,1-3,5,7-8H2,(H,14,15,16). The summed E-state index contributed by atoms with van der Waals surface area (Å²) in [4.78, 5) is 14.1. The molecule has 2 aromatic rings. The first-order valence-corrected chi connectivity index (χ1v) is 6.56. The van der Waals surface area contributed by atoms with Crippen molar-refractivity contribution >= 4 is 16.9 Å². The summed E-state index contributed by atoms with van der Waals surface area (Å²) in [7, 11) is 0. The van der Waals surface area contributed by atoms with Gasteiger partial charge in [-0.2, -0.15) is 0 Å². The Morgan fingerprint density at radius 2 is 2.33 bits per heavy atom. The smallest absolute Gasteiger partial charge is 0.142 e. The molecule has 1 atom stereocenters. The van der Waals surface area contributed by atoms with Gasteiger partial charge in [0.1, 0.15) is 17.8 Å². The van der Waals surface area contributed by atoms with E-state index in [-0.39, 0.29) is 6.61 Å². The number of aromatic amines is 1. The molecule has 0 radical (unpaired) electrons. The van der Waals surface area contributed by atoms with Gasteiger partial charge in [-0.15, -0.1) is 0 Å². The zero-order valence-corrected chi connectivity index (χ0v) is 10.3. The molecule has 2 aromatic heterocycles. The number of nitrogens with one attached hydrogen (secondary N) is 1. The van der Waals surface area contributed by atoms with Crippen LogP contribution in [0, 0.1) is 0 Å². The topological polar surface area (TPSA) is 65.0 Å². The van der Waals surface area contributed by atoms with Crippen molar-refractivity contribution in [3.63, 3.8) is 0 Å². The number of aliphatic hydroxyl groups excluding tert-OH is 1. The van der Waals surface area contributed by atoms with Crippen LogP contribution in [0.25, 0.3) is 11.0 Å². The van der Waals surface area contributed by atoms with Gasteiger partial charge < -0.3 is 15.0 Å². The molecule has 96 valence electrons. The molecule has 0 amide bonds. The highest BCUT2D eigenvalue weighted by atomic mass is 16.3. The molecule has 2 N–H and O–H groups in total. The van der Waals surface area contributed by atoms with Gasteiger partial charge in [0.15, 0.2) is 0 Å². The number of nitrogens with zero attached hydrogens (tertiary/aromatic N) is 3. The van der Waals surface area contributed by atoms with Gasteiger partial charge in [0.2, 0.25) is 0 Å². The fourth-order valence-corrected chi connectivity index (χ4v) is 2.82. The van der Waals surface area contributed by atoms with Gasteiger partial charge in [-0.05, 0) is 31.7 Å². The van der Waals surface area contributed by atoms with E-state index in [1.54, 1.807) is 6.33 Å². The summed E-state index contributed by atoms with van der Waals surface area (Å²) >= 11 is 0. The first-order valence-electron chi connectivity index (χ1n) is 6.56. The molecule has 0 bridgehead atoms. The highest BCUT2D eigenvalue weighted by molar-refractivity contribution is 5.87. The van der Waals surface area contributed by atoms with E-state index in [9.17, 15) is 5.11 Å². The minimum Gasteiger partial charge on any atom is -0.396 e. The Kier molecular flexibility index (Phi) is 3.15. The SMILES string of the molecule is OCCC1CCCCN1c1ncnc2[nH]ccc12. The van der Waals surface area contributed by atoms with Gasteiger partial charge in [0.05, 0.1) is 5.39 Å². The molecule has 5 nitrogen and oxygen atoms in total. The third-order valence-electron chi connectivity index (χ3n) is 3.69. The van der Waals surface area contributed by atoms with Crippen molar-refractivity contribution in [1.82, 2.24) is 15.0 Å². The summed E-state index contributed by atoms with van der Waals surface area (Å²) < 4.78 is 0. The average Bonchev–Trinajstić information content (AvgIpc) is 2.88. The average molecular weight is 246 g/mol. The van der Waals surface area contributed by atoms with E-state index >= 15 is 0 Å². The van der Waals surface area contributed by atoms with Crippen molar-refractivity contribution in [2.45, 2.75) is 31.7 Å². The number of aliphatic hydroxyl groups is 1. The second kappa shape index (κ2) is 4.94. The van der Waals surface area contributed by atoms with Crippen molar-refractivity contribution < 1.29 is 5.11 Å².